The van der Waals surface area contributed by atoms with E-state index in [2.05, 4.69) is 10.1 Å². The highest BCUT2D eigenvalue weighted by Gasteiger charge is 2.37. The van der Waals surface area contributed by atoms with Crippen molar-refractivity contribution in [3.63, 3.8) is 0 Å². The van der Waals surface area contributed by atoms with Crippen molar-refractivity contribution in [1.29, 1.82) is 0 Å². The molecule has 2 aliphatic rings. The molecule has 8 nitrogen and oxygen atoms in total. The highest BCUT2D eigenvalue weighted by atomic mass is 32.2. The maximum atomic E-state index is 13.3. The Morgan fingerprint density at radius 2 is 1.90 bits per heavy atom. The van der Waals surface area contributed by atoms with Crippen molar-refractivity contribution in [3.8, 4) is 0 Å². The monoisotopic (exact) mass is 440 g/mol. The molecule has 3 heterocycles. The molecule has 1 aromatic heterocycles. The molecule has 0 aliphatic carbocycles. The molecule has 0 bridgehead atoms. The largest absolute Gasteiger partial charge is 0.360 e. The molecule has 0 spiro atoms. The van der Waals surface area contributed by atoms with E-state index >= 15 is 0 Å². The highest BCUT2D eigenvalue weighted by molar-refractivity contribution is 7.89. The Hall–Kier alpha value is -1.45. The molecule has 3 rings (SSSR count). The number of carbonyl (C=O) groups is 1. The molecule has 1 aromatic rings. The fraction of sp³-hybridized carbons (Fsp3) is 0.810. The summed E-state index contributed by atoms with van der Waals surface area (Å²) in [5.41, 5.74) is 0.385. The van der Waals surface area contributed by atoms with Gasteiger partial charge in [-0.3, -0.25) is 4.79 Å². The lowest BCUT2D eigenvalue weighted by Gasteiger charge is -2.39. The maximum Gasteiger partial charge on any atom is 0.248 e. The minimum absolute atomic E-state index is 0.0949. The van der Waals surface area contributed by atoms with Gasteiger partial charge in [0.05, 0.1) is 0 Å². The number of aryl methyl sites for hydroxylation is 2. The van der Waals surface area contributed by atoms with Gasteiger partial charge in [0, 0.05) is 31.6 Å². The quantitative estimate of drug-likeness (QED) is 0.617. The van der Waals surface area contributed by atoms with Crippen LogP contribution in [0.2, 0.25) is 0 Å². The third-order valence-corrected chi connectivity index (χ3v) is 8.33. The summed E-state index contributed by atoms with van der Waals surface area (Å²) in [4.78, 5) is 17.5. The number of hydrogen-bond donors (Lipinski definition) is 0. The number of sulfonamides is 1. The minimum atomic E-state index is -3.70. The summed E-state index contributed by atoms with van der Waals surface area (Å²) >= 11 is 0. The first-order chi connectivity index (χ1) is 14.2. The SMILES string of the molecule is Cc1noc(C)c1S(=O)(=O)N1CCCC(N(CCCN2CCCC2)C(=O)C(C)C)C1. The zero-order chi connectivity index (χ0) is 21.9. The summed E-state index contributed by atoms with van der Waals surface area (Å²) in [6.45, 7) is 11.9. The molecule has 1 unspecified atom stereocenters. The molecule has 30 heavy (non-hydrogen) atoms. The van der Waals surface area contributed by atoms with E-state index in [1.165, 1.54) is 17.1 Å². The molecule has 2 fully saturated rings. The molecule has 0 N–H and O–H groups in total. The predicted octanol–water partition coefficient (Wildman–Crippen LogP) is 2.42. The first kappa shape index (κ1) is 23.2. The second kappa shape index (κ2) is 9.78. The fourth-order valence-electron chi connectivity index (χ4n) is 4.64. The first-order valence-corrected chi connectivity index (χ1v) is 12.6. The smallest absolute Gasteiger partial charge is 0.248 e. The van der Waals surface area contributed by atoms with Crippen LogP contribution in [-0.4, -0.2) is 78.9 Å². The summed E-state index contributed by atoms with van der Waals surface area (Å²) in [5.74, 6) is 0.319. The van der Waals surface area contributed by atoms with E-state index in [9.17, 15) is 13.2 Å². The van der Waals surface area contributed by atoms with E-state index in [1.54, 1.807) is 13.8 Å². The van der Waals surface area contributed by atoms with Crippen LogP contribution in [0.25, 0.3) is 0 Å². The van der Waals surface area contributed by atoms with Crippen LogP contribution in [0.15, 0.2) is 9.42 Å². The zero-order valence-corrected chi connectivity index (χ0v) is 19.6. The predicted molar refractivity (Wildman–Crippen MR) is 115 cm³/mol. The van der Waals surface area contributed by atoms with E-state index in [4.69, 9.17) is 4.52 Å². The van der Waals surface area contributed by atoms with Crippen LogP contribution in [0.4, 0.5) is 0 Å². The standard InChI is InChI=1S/C21H36N4O4S/c1-16(2)21(26)25(14-8-12-23-10-5-6-11-23)19-9-7-13-24(15-19)30(27,28)20-17(3)22-29-18(20)4/h16,19H,5-15H2,1-4H3. The van der Waals surface area contributed by atoms with Crippen LogP contribution >= 0.6 is 0 Å². The van der Waals surface area contributed by atoms with Crippen LogP contribution in [-0.2, 0) is 14.8 Å². The van der Waals surface area contributed by atoms with Gasteiger partial charge in [-0.05, 0) is 65.6 Å². The third-order valence-electron chi connectivity index (χ3n) is 6.21. The lowest BCUT2D eigenvalue weighted by Crippen LogP contribution is -2.53. The average molecular weight is 441 g/mol. The average Bonchev–Trinajstić information content (AvgIpc) is 3.34. The van der Waals surface area contributed by atoms with Gasteiger partial charge in [0.2, 0.25) is 15.9 Å². The van der Waals surface area contributed by atoms with Crippen molar-refractivity contribution in [2.24, 2.45) is 5.92 Å². The van der Waals surface area contributed by atoms with E-state index in [0.717, 1.165) is 38.9 Å². The number of carbonyl (C=O) groups excluding carboxylic acids is 1. The second-order valence-electron chi connectivity index (χ2n) is 8.90. The second-order valence-corrected chi connectivity index (χ2v) is 10.8. The topological polar surface area (TPSA) is 87.0 Å². The van der Waals surface area contributed by atoms with Gasteiger partial charge in [0.1, 0.15) is 10.6 Å². The Morgan fingerprint density at radius 3 is 2.50 bits per heavy atom. The highest BCUT2D eigenvalue weighted by Crippen LogP contribution is 2.28. The number of piperidine rings is 1. The van der Waals surface area contributed by atoms with Crippen LogP contribution in [0.1, 0.15) is 57.4 Å². The molecule has 9 heteroatoms. The molecule has 0 saturated carbocycles. The summed E-state index contributed by atoms with van der Waals surface area (Å²) < 4.78 is 33.1. The van der Waals surface area contributed by atoms with Gasteiger partial charge in [-0.1, -0.05) is 19.0 Å². The number of nitrogens with zero attached hydrogens (tertiary/aromatic N) is 4. The van der Waals surface area contributed by atoms with Gasteiger partial charge in [0.15, 0.2) is 5.76 Å². The van der Waals surface area contributed by atoms with Crippen LogP contribution < -0.4 is 0 Å². The Bertz CT molecular complexity index is 811. The number of hydrogen-bond acceptors (Lipinski definition) is 6. The Balaban J connectivity index is 1.72. The van der Waals surface area contributed by atoms with Gasteiger partial charge >= 0.3 is 0 Å². The molecule has 0 radical (unpaired) electrons. The van der Waals surface area contributed by atoms with Gasteiger partial charge < -0.3 is 14.3 Å². The zero-order valence-electron chi connectivity index (χ0n) is 18.8. The minimum Gasteiger partial charge on any atom is -0.360 e. The van der Waals surface area contributed by atoms with E-state index in [1.807, 2.05) is 18.7 Å². The van der Waals surface area contributed by atoms with Crippen LogP contribution in [0, 0.1) is 19.8 Å². The number of aromatic nitrogens is 1. The molecular weight excluding hydrogens is 404 g/mol. The molecule has 0 aromatic carbocycles. The van der Waals surface area contributed by atoms with Gasteiger partial charge in [0.25, 0.3) is 0 Å². The summed E-state index contributed by atoms with van der Waals surface area (Å²) in [6.07, 6.45) is 5.00. The molecule has 2 saturated heterocycles. The normalized spacial score (nSPS) is 21.4. The van der Waals surface area contributed by atoms with Crippen molar-refractivity contribution in [3.05, 3.63) is 11.5 Å². The Labute approximate surface area is 180 Å². The van der Waals surface area contributed by atoms with Crippen molar-refractivity contribution in [1.82, 2.24) is 19.3 Å². The van der Waals surface area contributed by atoms with Gasteiger partial charge in [-0.2, -0.15) is 4.31 Å². The first-order valence-electron chi connectivity index (χ1n) is 11.2. The molecule has 2 aliphatic heterocycles. The summed E-state index contributed by atoms with van der Waals surface area (Å²) in [7, 11) is -3.70. The van der Waals surface area contributed by atoms with Crippen LogP contribution in [0.3, 0.4) is 0 Å². The van der Waals surface area contributed by atoms with Crippen LogP contribution in [0.5, 0.6) is 0 Å². The molecular formula is C21H36N4O4S. The van der Waals surface area contributed by atoms with Crippen molar-refractivity contribution >= 4 is 15.9 Å². The fourth-order valence-corrected chi connectivity index (χ4v) is 6.45. The molecule has 170 valence electrons. The Morgan fingerprint density at radius 1 is 1.20 bits per heavy atom. The van der Waals surface area contributed by atoms with Gasteiger partial charge in [-0.15, -0.1) is 0 Å². The maximum absolute atomic E-state index is 13.3. The molecule has 1 amide bonds. The van der Waals surface area contributed by atoms with E-state index in [-0.39, 0.29) is 22.8 Å². The lowest BCUT2D eigenvalue weighted by molar-refractivity contribution is -0.137. The molecule has 1 atom stereocenters. The number of rotatable bonds is 8. The number of amides is 1. The van der Waals surface area contributed by atoms with E-state index in [0.29, 0.717) is 31.1 Å². The summed E-state index contributed by atoms with van der Waals surface area (Å²) in [5, 5.41) is 3.81. The third kappa shape index (κ3) is 5.06. The Kier molecular flexibility index (Phi) is 7.57. The summed E-state index contributed by atoms with van der Waals surface area (Å²) in [6, 6.07) is -0.0949. The van der Waals surface area contributed by atoms with Crippen molar-refractivity contribution in [2.45, 2.75) is 70.7 Å². The lowest BCUT2D eigenvalue weighted by atomic mass is 10.0. The number of likely N-dealkylation sites (tertiary alicyclic amines) is 1. The van der Waals surface area contributed by atoms with Crippen molar-refractivity contribution < 1.29 is 17.7 Å². The van der Waals surface area contributed by atoms with E-state index < -0.39 is 10.0 Å². The van der Waals surface area contributed by atoms with Gasteiger partial charge in [-0.25, -0.2) is 8.42 Å². The van der Waals surface area contributed by atoms with Crippen molar-refractivity contribution in [2.75, 3.05) is 39.3 Å².